The zero-order chi connectivity index (χ0) is 12.0. The number of aliphatic carboxylic acids is 1. The van der Waals surface area contributed by atoms with Gasteiger partial charge >= 0.3 is 5.97 Å². The van der Waals surface area contributed by atoms with Gasteiger partial charge in [-0.1, -0.05) is 0 Å². The van der Waals surface area contributed by atoms with Crippen molar-refractivity contribution in [2.24, 2.45) is 0 Å². The molecular weight excluding hydrogens is 206 g/mol. The lowest BCUT2D eigenvalue weighted by atomic mass is 10.3. The predicted molar refractivity (Wildman–Crippen MR) is 61.2 cm³/mol. The Kier molecular flexibility index (Phi) is 4.98. The van der Waals surface area contributed by atoms with Gasteiger partial charge in [0, 0.05) is 25.2 Å². The highest BCUT2D eigenvalue weighted by atomic mass is 16.4. The summed E-state index contributed by atoms with van der Waals surface area (Å²) in [5, 5.41) is 15.9. The minimum Gasteiger partial charge on any atom is -0.481 e. The van der Waals surface area contributed by atoms with E-state index >= 15 is 0 Å². The Morgan fingerprint density at radius 2 is 2.38 bits per heavy atom. The summed E-state index contributed by atoms with van der Waals surface area (Å²) in [6.45, 7) is 5.62. The van der Waals surface area contributed by atoms with Crippen LogP contribution in [0.4, 0.5) is 0 Å². The van der Waals surface area contributed by atoms with Crippen molar-refractivity contribution in [2.75, 3.05) is 6.54 Å². The molecule has 0 unspecified atom stereocenters. The molecule has 0 atom stereocenters. The van der Waals surface area contributed by atoms with E-state index in [1.54, 1.807) is 6.20 Å². The number of hydrogen-bond donors (Lipinski definition) is 2. The van der Waals surface area contributed by atoms with Crippen LogP contribution in [-0.2, 0) is 11.3 Å². The van der Waals surface area contributed by atoms with Crippen molar-refractivity contribution in [3.05, 3.63) is 18.0 Å². The Balaban J connectivity index is 2.26. The molecule has 0 saturated carbocycles. The molecule has 0 fully saturated rings. The van der Waals surface area contributed by atoms with E-state index in [0.717, 1.165) is 18.8 Å². The number of carboxylic acid groups (broad SMARTS) is 1. The maximum Gasteiger partial charge on any atom is 0.303 e. The van der Waals surface area contributed by atoms with Crippen LogP contribution in [0.15, 0.2) is 12.3 Å². The first kappa shape index (κ1) is 12.7. The average molecular weight is 225 g/mol. The highest BCUT2D eigenvalue weighted by Gasteiger charge is 2.04. The van der Waals surface area contributed by atoms with Crippen molar-refractivity contribution >= 4 is 5.97 Å². The Labute approximate surface area is 95.5 Å². The molecule has 2 N–H and O–H groups in total. The van der Waals surface area contributed by atoms with Crippen LogP contribution >= 0.6 is 0 Å². The minimum atomic E-state index is -0.742. The standard InChI is InChI=1S/C11H19N3O2/c1-9(2)14-10(5-7-13-14)8-12-6-3-4-11(15)16/h5,7,9,12H,3-4,6,8H2,1-2H3,(H,15,16). The number of hydrogen-bond acceptors (Lipinski definition) is 3. The summed E-state index contributed by atoms with van der Waals surface area (Å²) in [5.74, 6) is -0.742. The summed E-state index contributed by atoms with van der Waals surface area (Å²) >= 11 is 0. The zero-order valence-electron chi connectivity index (χ0n) is 9.81. The molecule has 0 aliphatic heterocycles. The maximum absolute atomic E-state index is 10.3. The van der Waals surface area contributed by atoms with E-state index in [1.165, 1.54) is 0 Å². The van der Waals surface area contributed by atoms with Crippen molar-refractivity contribution in [3.8, 4) is 0 Å². The molecule has 0 radical (unpaired) electrons. The third-order valence-electron chi connectivity index (χ3n) is 2.29. The van der Waals surface area contributed by atoms with Gasteiger partial charge in [0.15, 0.2) is 0 Å². The van der Waals surface area contributed by atoms with Crippen LogP contribution in [0.25, 0.3) is 0 Å². The Hall–Kier alpha value is -1.36. The maximum atomic E-state index is 10.3. The van der Waals surface area contributed by atoms with Gasteiger partial charge in [-0.15, -0.1) is 0 Å². The van der Waals surface area contributed by atoms with E-state index < -0.39 is 5.97 Å². The summed E-state index contributed by atoms with van der Waals surface area (Å²) in [5.41, 5.74) is 1.13. The quantitative estimate of drug-likeness (QED) is 0.689. The first-order valence-electron chi connectivity index (χ1n) is 5.56. The molecule has 5 nitrogen and oxygen atoms in total. The van der Waals surface area contributed by atoms with Crippen molar-refractivity contribution in [1.29, 1.82) is 0 Å². The van der Waals surface area contributed by atoms with E-state index in [-0.39, 0.29) is 6.42 Å². The van der Waals surface area contributed by atoms with Crippen LogP contribution in [0.5, 0.6) is 0 Å². The van der Waals surface area contributed by atoms with Gasteiger partial charge in [0.1, 0.15) is 0 Å². The lowest BCUT2D eigenvalue weighted by Gasteiger charge is -2.11. The van der Waals surface area contributed by atoms with Crippen molar-refractivity contribution in [1.82, 2.24) is 15.1 Å². The van der Waals surface area contributed by atoms with Crippen molar-refractivity contribution in [2.45, 2.75) is 39.3 Å². The molecule has 1 aromatic heterocycles. The normalized spacial score (nSPS) is 10.9. The SMILES string of the molecule is CC(C)n1nccc1CNCCCC(=O)O. The van der Waals surface area contributed by atoms with Gasteiger partial charge < -0.3 is 10.4 Å². The number of rotatable bonds is 7. The summed E-state index contributed by atoms with van der Waals surface area (Å²) < 4.78 is 1.96. The van der Waals surface area contributed by atoms with Crippen LogP contribution in [0, 0.1) is 0 Å². The van der Waals surface area contributed by atoms with E-state index in [0.29, 0.717) is 12.5 Å². The molecule has 90 valence electrons. The summed E-state index contributed by atoms with van der Waals surface area (Å²) in [6.07, 6.45) is 2.66. The molecule has 5 heteroatoms. The van der Waals surface area contributed by atoms with Crippen molar-refractivity contribution in [3.63, 3.8) is 0 Å². The summed E-state index contributed by atoms with van der Waals surface area (Å²) in [4.78, 5) is 10.3. The second-order valence-electron chi connectivity index (χ2n) is 4.03. The van der Waals surface area contributed by atoms with Crippen LogP contribution < -0.4 is 5.32 Å². The number of carboxylic acids is 1. The summed E-state index contributed by atoms with van der Waals surface area (Å²) in [6, 6.07) is 2.33. The fraction of sp³-hybridized carbons (Fsp3) is 0.636. The van der Waals surface area contributed by atoms with Gasteiger partial charge in [0.2, 0.25) is 0 Å². The zero-order valence-corrected chi connectivity index (χ0v) is 9.81. The van der Waals surface area contributed by atoms with Gasteiger partial charge in [-0.2, -0.15) is 5.10 Å². The number of nitrogens with one attached hydrogen (secondary N) is 1. The fourth-order valence-corrected chi connectivity index (χ4v) is 1.53. The van der Waals surface area contributed by atoms with Gasteiger partial charge in [-0.05, 0) is 32.9 Å². The Morgan fingerprint density at radius 1 is 1.62 bits per heavy atom. The second kappa shape index (κ2) is 6.27. The molecule has 1 heterocycles. The third-order valence-corrected chi connectivity index (χ3v) is 2.29. The first-order chi connectivity index (χ1) is 7.61. The second-order valence-corrected chi connectivity index (χ2v) is 4.03. The number of nitrogens with zero attached hydrogens (tertiary/aromatic N) is 2. The monoisotopic (exact) mass is 225 g/mol. The van der Waals surface area contributed by atoms with E-state index in [4.69, 9.17) is 5.11 Å². The molecule has 0 amide bonds. The number of carbonyl (C=O) groups is 1. The molecule has 0 saturated heterocycles. The Morgan fingerprint density at radius 3 is 3.00 bits per heavy atom. The molecule has 1 aromatic rings. The van der Waals surface area contributed by atoms with Crippen LogP contribution in [-0.4, -0.2) is 27.4 Å². The fourth-order valence-electron chi connectivity index (χ4n) is 1.53. The molecule has 16 heavy (non-hydrogen) atoms. The molecule has 1 rings (SSSR count). The predicted octanol–water partition coefficient (Wildman–Crippen LogP) is 1.42. The van der Waals surface area contributed by atoms with Crippen LogP contribution in [0.1, 0.15) is 38.4 Å². The minimum absolute atomic E-state index is 0.219. The van der Waals surface area contributed by atoms with E-state index in [9.17, 15) is 4.79 Å². The molecular formula is C11H19N3O2. The van der Waals surface area contributed by atoms with Gasteiger partial charge in [-0.3, -0.25) is 9.48 Å². The molecule has 0 spiro atoms. The average Bonchev–Trinajstić information content (AvgIpc) is 2.65. The smallest absolute Gasteiger partial charge is 0.303 e. The van der Waals surface area contributed by atoms with Gasteiger partial charge in [0.25, 0.3) is 0 Å². The highest BCUT2D eigenvalue weighted by Crippen LogP contribution is 2.07. The lowest BCUT2D eigenvalue weighted by molar-refractivity contribution is -0.137. The van der Waals surface area contributed by atoms with E-state index in [1.807, 2.05) is 10.7 Å². The van der Waals surface area contributed by atoms with E-state index in [2.05, 4.69) is 24.3 Å². The molecule has 0 aromatic carbocycles. The Bertz CT molecular complexity index is 334. The van der Waals surface area contributed by atoms with Crippen molar-refractivity contribution < 1.29 is 9.90 Å². The van der Waals surface area contributed by atoms with Gasteiger partial charge in [-0.25, -0.2) is 0 Å². The molecule has 0 aliphatic rings. The largest absolute Gasteiger partial charge is 0.481 e. The van der Waals surface area contributed by atoms with Crippen LogP contribution in [0.3, 0.4) is 0 Å². The van der Waals surface area contributed by atoms with Gasteiger partial charge in [0.05, 0.1) is 5.69 Å². The highest BCUT2D eigenvalue weighted by molar-refractivity contribution is 5.66. The first-order valence-corrected chi connectivity index (χ1v) is 5.56. The lowest BCUT2D eigenvalue weighted by Crippen LogP contribution is -2.19. The van der Waals surface area contributed by atoms with Crippen LogP contribution in [0.2, 0.25) is 0 Å². The molecule has 0 aliphatic carbocycles. The topological polar surface area (TPSA) is 67.2 Å². The third kappa shape index (κ3) is 4.02. The number of aromatic nitrogens is 2. The summed E-state index contributed by atoms with van der Waals surface area (Å²) in [7, 11) is 0. The molecule has 0 bridgehead atoms.